The number of benzene rings is 2. The maximum absolute atomic E-state index is 13.0. The zero-order valence-electron chi connectivity index (χ0n) is 13.4. The van der Waals surface area contributed by atoms with Gasteiger partial charge in [-0.25, -0.2) is 4.39 Å². The number of rotatable bonds is 6. The number of carbonyl (C=O) groups excluding carboxylic acids is 1. The summed E-state index contributed by atoms with van der Waals surface area (Å²) in [5, 5.41) is 3.58. The van der Waals surface area contributed by atoms with E-state index in [9.17, 15) is 9.18 Å². The molecule has 0 spiro atoms. The molecule has 3 rings (SSSR count). The molecule has 5 heteroatoms. The van der Waals surface area contributed by atoms with Gasteiger partial charge in [0.25, 0.3) is 5.91 Å². The lowest BCUT2D eigenvalue weighted by atomic mass is 9.96. The van der Waals surface area contributed by atoms with Gasteiger partial charge in [-0.3, -0.25) is 4.79 Å². The van der Waals surface area contributed by atoms with Crippen LogP contribution in [0.25, 0.3) is 0 Å². The van der Waals surface area contributed by atoms with Crippen LogP contribution in [0.2, 0.25) is 5.02 Å². The predicted octanol–water partition coefficient (Wildman–Crippen LogP) is 4.01. The third-order valence-electron chi connectivity index (χ3n) is 4.43. The number of aryl methyl sites for hydroxylation is 1. The van der Waals surface area contributed by atoms with Crippen molar-refractivity contribution in [3.63, 3.8) is 0 Å². The minimum Gasteiger partial charge on any atom is -0.484 e. The number of nitrogens with one attached hydrogen (secondary N) is 1. The summed E-state index contributed by atoms with van der Waals surface area (Å²) in [5.41, 5.74) is 1.92. The normalized spacial score (nSPS) is 15.0. The lowest BCUT2D eigenvalue weighted by Gasteiger charge is -2.17. The van der Waals surface area contributed by atoms with E-state index >= 15 is 0 Å². The smallest absolute Gasteiger partial charge is 0.257 e. The molecule has 1 aliphatic carbocycles. The van der Waals surface area contributed by atoms with E-state index in [4.69, 9.17) is 16.3 Å². The SMILES string of the molecule is Cc1cc(OCC(=O)NCC2(c3ccc(F)cc3)CC2)ccc1Cl. The molecule has 0 atom stereocenters. The van der Waals surface area contributed by atoms with Gasteiger partial charge in [0.15, 0.2) is 6.61 Å². The Morgan fingerprint density at radius 3 is 2.58 bits per heavy atom. The van der Waals surface area contributed by atoms with Gasteiger partial charge in [0, 0.05) is 17.0 Å². The summed E-state index contributed by atoms with van der Waals surface area (Å²) >= 11 is 5.96. The molecule has 0 saturated heterocycles. The number of hydrogen-bond donors (Lipinski definition) is 1. The Kier molecular flexibility index (Phi) is 4.76. The first-order valence-electron chi connectivity index (χ1n) is 7.90. The van der Waals surface area contributed by atoms with Crippen molar-refractivity contribution in [3.8, 4) is 5.75 Å². The second kappa shape index (κ2) is 6.81. The molecule has 2 aromatic rings. The average molecular weight is 348 g/mol. The lowest BCUT2D eigenvalue weighted by Crippen LogP contribution is -2.35. The average Bonchev–Trinajstić information content (AvgIpc) is 3.36. The summed E-state index contributed by atoms with van der Waals surface area (Å²) in [6, 6.07) is 11.8. The molecule has 2 aromatic carbocycles. The molecule has 126 valence electrons. The second-order valence-corrected chi connectivity index (χ2v) is 6.67. The first-order valence-corrected chi connectivity index (χ1v) is 8.28. The molecule has 24 heavy (non-hydrogen) atoms. The summed E-state index contributed by atoms with van der Waals surface area (Å²) < 4.78 is 18.5. The molecule has 0 bridgehead atoms. The summed E-state index contributed by atoms with van der Waals surface area (Å²) in [5.74, 6) is 0.202. The van der Waals surface area contributed by atoms with Gasteiger partial charge in [-0.15, -0.1) is 0 Å². The minimum atomic E-state index is -0.245. The largest absolute Gasteiger partial charge is 0.484 e. The van der Waals surface area contributed by atoms with Crippen molar-refractivity contribution in [3.05, 3.63) is 64.4 Å². The highest BCUT2D eigenvalue weighted by Crippen LogP contribution is 2.47. The first-order chi connectivity index (χ1) is 11.5. The van der Waals surface area contributed by atoms with E-state index in [2.05, 4.69) is 5.32 Å². The van der Waals surface area contributed by atoms with Gasteiger partial charge in [0.1, 0.15) is 11.6 Å². The van der Waals surface area contributed by atoms with Crippen LogP contribution in [0, 0.1) is 12.7 Å². The third kappa shape index (κ3) is 3.88. The molecule has 0 unspecified atom stereocenters. The van der Waals surface area contributed by atoms with E-state index in [1.807, 2.05) is 6.92 Å². The van der Waals surface area contributed by atoms with E-state index in [0.717, 1.165) is 24.0 Å². The monoisotopic (exact) mass is 347 g/mol. The Morgan fingerprint density at radius 1 is 1.25 bits per heavy atom. The lowest BCUT2D eigenvalue weighted by molar-refractivity contribution is -0.123. The maximum Gasteiger partial charge on any atom is 0.257 e. The maximum atomic E-state index is 13.0. The van der Waals surface area contributed by atoms with Crippen molar-refractivity contribution < 1.29 is 13.9 Å². The summed E-state index contributed by atoms with van der Waals surface area (Å²) in [7, 11) is 0. The molecule has 1 fully saturated rings. The zero-order valence-corrected chi connectivity index (χ0v) is 14.2. The fourth-order valence-electron chi connectivity index (χ4n) is 2.70. The van der Waals surface area contributed by atoms with Gasteiger partial charge in [-0.2, -0.15) is 0 Å². The van der Waals surface area contributed by atoms with Crippen LogP contribution in [0.15, 0.2) is 42.5 Å². The Hall–Kier alpha value is -2.07. The van der Waals surface area contributed by atoms with E-state index in [0.29, 0.717) is 17.3 Å². The molecule has 1 aliphatic rings. The van der Waals surface area contributed by atoms with Crippen molar-refractivity contribution >= 4 is 17.5 Å². The van der Waals surface area contributed by atoms with Gasteiger partial charge in [-0.1, -0.05) is 23.7 Å². The Bertz CT molecular complexity index is 742. The fourth-order valence-corrected chi connectivity index (χ4v) is 2.81. The van der Waals surface area contributed by atoms with Crippen molar-refractivity contribution in [2.45, 2.75) is 25.2 Å². The van der Waals surface area contributed by atoms with E-state index in [-0.39, 0.29) is 23.7 Å². The van der Waals surface area contributed by atoms with Crippen molar-refractivity contribution in [1.29, 1.82) is 0 Å². The van der Waals surface area contributed by atoms with Gasteiger partial charge in [0.05, 0.1) is 0 Å². The summed E-state index contributed by atoms with van der Waals surface area (Å²) in [6.45, 7) is 2.38. The highest BCUT2D eigenvalue weighted by molar-refractivity contribution is 6.31. The van der Waals surface area contributed by atoms with Crippen molar-refractivity contribution in [2.75, 3.05) is 13.2 Å². The molecular weight excluding hydrogens is 329 g/mol. The quantitative estimate of drug-likeness (QED) is 0.857. The van der Waals surface area contributed by atoms with Gasteiger partial charge in [-0.05, 0) is 61.2 Å². The van der Waals surface area contributed by atoms with Crippen LogP contribution in [0.3, 0.4) is 0 Å². The summed E-state index contributed by atoms with van der Waals surface area (Å²) in [6.07, 6.45) is 1.99. The van der Waals surface area contributed by atoms with Crippen LogP contribution < -0.4 is 10.1 Å². The highest BCUT2D eigenvalue weighted by Gasteiger charge is 2.44. The van der Waals surface area contributed by atoms with Crippen LogP contribution in [0.4, 0.5) is 4.39 Å². The standard InChI is InChI=1S/C19H19ClFNO2/c1-13-10-16(6-7-17(13)20)24-11-18(23)22-12-19(8-9-19)14-2-4-15(21)5-3-14/h2-7,10H,8-9,11-12H2,1H3,(H,22,23). The molecule has 1 saturated carbocycles. The van der Waals surface area contributed by atoms with Gasteiger partial charge in [0.2, 0.25) is 0 Å². The number of halogens is 2. The van der Waals surface area contributed by atoms with Crippen LogP contribution >= 0.6 is 11.6 Å². The fraction of sp³-hybridized carbons (Fsp3) is 0.316. The van der Waals surface area contributed by atoms with Crippen LogP contribution in [-0.2, 0) is 10.2 Å². The third-order valence-corrected chi connectivity index (χ3v) is 4.86. The summed E-state index contributed by atoms with van der Waals surface area (Å²) in [4.78, 5) is 12.0. The number of carbonyl (C=O) groups is 1. The van der Waals surface area contributed by atoms with Crippen LogP contribution in [-0.4, -0.2) is 19.1 Å². The highest BCUT2D eigenvalue weighted by atomic mass is 35.5. The van der Waals surface area contributed by atoms with Gasteiger partial charge < -0.3 is 10.1 Å². The Morgan fingerprint density at radius 2 is 1.96 bits per heavy atom. The van der Waals surface area contributed by atoms with E-state index < -0.39 is 0 Å². The molecule has 0 radical (unpaired) electrons. The molecule has 1 N–H and O–H groups in total. The second-order valence-electron chi connectivity index (χ2n) is 6.26. The van der Waals surface area contributed by atoms with Crippen molar-refractivity contribution in [2.24, 2.45) is 0 Å². The molecule has 3 nitrogen and oxygen atoms in total. The van der Waals surface area contributed by atoms with Crippen LogP contribution in [0.5, 0.6) is 5.75 Å². The molecule has 0 heterocycles. The van der Waals surface area contributed by atoms with E-state index in [1.165, 1.54) is 12.1 Å². The Balaban J connectivity index is 1.50. The predicted molar refractivity (Wildman–Crippen MR) is 92.0 cm³/mol. The Labute approximate surface area is 145 Å². The van der Waals surface area contributed by atoms with Crippen LogP contribution in [0.1, 0.15) is 24.0 Å². The number of amides is 1. The number of ether oxygens (including phenoxy) is 1. The number of hydrogen-bond acceptors (Lipinski definition) is 2. The zero-order chi connectivity index (χ0) is 17.2. The minimum absolute atomic E-state index is 0.0411. The van der Waals surface area contributed by atoms with E-state index in [1.54, 1.807) is 30.3 Å². The topological polar surface area (TPSA) is 38.3 Å². The first kappa shape index (κ1) is 16.8. The molecule has 0 aromatic heterocycles. The van der Waals surface area contributed by atoms with Crippen molar-refractivity contribution in [1.82, 2.24) is 5.32 Å². The molecule has 1 amide bonds. The molecular formula is C19H19ClFNO2. The van der Waals surface area contributed by atoms with Gasteiger partial charge >= 0.3 is 0 Å². The molecule has 0 aliphatic heterocycles.